The smallest absolute Gasteiger partial charge is 0.191 e. The number of hydrogen-bond donors (Lipinski definition) is 2. The zero-order valence-electron chi connectivity index (χ0n) is 16.4. The SMILES string of the molecule is CN=C(NCC1CCOC1c1ccccc1)NC(C)CCc1ccccc1. The third kappa shape index (κ3) is 5.83. The Morgan fingerprint density at radius 3 is 2.52 bits per heavy atom. The van der Waals surface area contributed by atoms with E-state index >= 15 is 0 Å². The number of nitrogens with zero attached hydrogens (tertiary/aromatic N) is 1. The normalized spacial score (nSPS) is 21.0. The molecule has 1 aliphatic rings. The summed E-state index contributed by atoms with van der Waals surface area (Å²) >= 11 is 0. The van der Waals surface area contributed by atoms with E-state index in [1.807, 2.05) is 13.1 Å². The van der Waals surface area contributed by atoms with Gasteiger partial charge in [-0.1, -0.05) is 60.7 Å². The summed E-state index contributed by atoms with van der Waals surface area (Å²) in [7, 11) is 1.83. The van der Waals surface area contributed by atoms with Gasteiger partial charge in [0.2, 0.25) is 0 Å². The van der Waals surface area contributed by atoms with Crippen LogP contribution in [-0.2, 0) is 11.2 Å². The van der Waals surface area contributed by atoms with Crippen LogP contribution in [0.3, 0.4) is 0 Å². The van der Waals surface area contributed by atoms with Crippen LogP contribution in [0.25, 0.3) is 0 Å². The highest BCUT2D eigenvalue weighted by Gasteiger charge is 2.29. The fraction of sp³-hybridized carbons (Fsp3) is 0.435. The molecule has 0 spiro atoms. The lowest BCUT2D eigenvalue weighted by Crippen LogP contribution is -2.44. The fourth-order valence-corrected chi connectivity index (χ4v) is 3.61. The van der Waals surface area contributed by atoms with Gasteiger partial charge in [0.1, 0.15) is 0 Å². The molecule has 3 unspecified atom stereocenters. The molecule has 1 heterocycles. The average molecular weight is 366 g/mol. The van der Waals surface area contributed by atoms with Crippen molar-refractivity contribution in [2.75, 3.05) is 20.2 Å². The van der Waals surface area contributed by atoms with Crippen molar-refractivity contribution in [1.29, 1.82) is 0 Å². The molecule has 0 amide bonds. The molecule has 27 heavy (non-hydrogen) atoms. The van der Waals surface area contributed by atoms with Gasteiger partial charge in [-0.2, -0.15) is 0 Å². The van der Waals surface area contributed by atoms with E-state index in [9.17, 15) is 0 Å². The lowest BCUT2D eigenvalue weighted by molar-refractivity contribution is 0.0915. The maximum atomic E-state index is 5.99. The first-order chi connectivity index (χ1) is 13.3. The van der Waals surface area contributed by atoms with Gasteiger partial charge in [-0.05, 0) is 37.3 Å². The van der Waals surface area contributed by atoms with E-state index in [1.165, 1.54) is 11.1 Å². The summed E-state index contributed by atoms with van der Waals surface area (Å²) in [5.74, 6) is 1.33. The van der Waals surface area contributed by atoms with Crippen LogP contribution in [0.5, 0.6) is 0 Å². The molecule has 2 N–H and O–H groups in total. The van der Waals surface area contributed by atoms with Gasteiger partial charge in [-0.25, -0.2) is 0 Å². The Kier molecular flexibility index (Phi) is 7.28. The van der Waals surface area contributed by atoms with Crippen molar-refractivity contribution in [2.24, 2.45) is 10.9 Å². The van der Waals surface area contributed by atoms with Crippen LogP contribution in [0.1, 0.15) is 37.0 Å². The van der Waals surface area contributed by atoms with Crippen molar-refractivity contribution in [3.8, 4) is 0 Å². The monoisotopic (exact) mass is 365 g/mol. The van der Waals surface area contributed by atoms with Crippen LogP contribution in [0, 0.1) is 5.92 Å². The molecule has 1 aliphatic heterocycles. The fourth-order valence-electron chi connectivity index (χ4n) is 3.61. The number of aliphatic imine (C=N–C) groups is 1. The molecule has 2 aromatic rings. The maximum absolute atomic E-state index is 5.99. The second kappa shape index (κ2) is 10.1. The molecular weight excluding hydrogens is 334 g/mol. The average Bonchev–Trinajstić information content (AvgIpc) is 3.19. The van der Waals surface area contributed by atoms with Crippen molar-refractivity contribution < 1.29 is 4.74 Å². The Bertz CT molecular complexity index is 702. The molecule has 4 nitrogen and oxygen atoms in total. The second-order valence-electron chi connectivity index (χ2n) is 7.27. The summed E-state index contributed by atoms with van der Waals surface area (Å²) in [6, 6.07) is 21.5. The van der Waals surface area contributed by atoms with Crippen LogP contribution in [0.15, 0.2) is 65.7 Å². The molecule has 4 heteroatoms. The largest absolute Gasteiger partial charge is 0.373 e. The van der Waals surface area contributed by atoms with Crippen molar-refractivity contribution in [1.82, 2.24) is 10.6 Å². The molecule has 144 valence electrons. The van der Waals surface area contributed by atoms with Gasteiger partial charge in [-0.3, -0.25) is 4.99 Å². The standard InChI is InChI=1S/C23H31N3O/c1-18(13-14-19-9-5-3-6-10-19)26-23(24-2)25-17-21-15-16-27-22(21)20-11-7-4-8-12-20/h3-12,18,21-22H,13-17H2,1-2H3,(H2,24,25,26). The second-order valence-corrected chi connectivity index (χ2v) is 7.27. The first kappa shape index (κ1) is 19.4. The summed E-state index contributed by atoms with van der Waals surface area (Å²) in [4.78, 5) is 4.40. The van der Waals surface area contributed by atoms with E-state index in [1.54, 1.807) is 0 Å². The van der Waals surface area contributed by atoms with Crippen molar-refractivity contribution in [3.63, 3.8) is 0 Å². The zero-order valence-corrected chi connectivity index (χ0v) is 16.4. The number of ether oxygens (including phenoxy) is 1. The Balaban J connectivity index is 1.46. The highest BCUT2D eigenvalue weighted by molar-refractivity contribution is 5.79. The molecule has 0 bridgehead atoms. The first-order valence-electron chi connectivity index (χ1n) is 9.94. The predicted octanol–water partition coefficient (Wildman–Crippen LogP) is 3.95. The van der Waals surface area contributed by atoms with Crippen LogP contribution < -0.4 is 10.6 Å². The first-order valence-corrected chi connectivity index (χ1v) is 9.94. The van der Waals surface area contributed by atoms with Gasteiger partial charge in [0.15, 0.2) is 5.96 Å². The van der Waals surface area contributed by atoms with E-state index in [0.29, 0.717) is 12.0 Å². The zero-order chi connectivity index (χ0) is 18.9. The number of benzene rings is 2. The van der Waals surface area contributed by atoms with Crippen LogP contribution in [0.2, 0.25) is 0 Å². The highest BCUT2D eigenvalue weighted by atomic mass is 16.5. The van der Waals surface area contributed by atoms with E-state index in [2.05, 4.69) is 77.1 Å². The number of nitrogens with one attached hydrogen (secondary N) is 2. The van der Waals surface area contributed by atoms with Gasteiger partial charge >= 0.3 is 0 Å². The van der Waals surface area contributed by atoms with Crippen molar-refractivity contribution in [3.05, 3.63) is 71.8 Å². The lowest BCUT2D eigenvalue weighted by atomic mass is 9.95. The minimum absolute atomic E-state index is 0.173. The Hall–Kier alpha value is -2.33. The third-order valence-corrected chi connectivity index (χ3v) is 5.19. The van der Waals surface area contributed by atoms with Crippen LogP contribution in [-0.4, -0.2) is 32.2 Å². The molecular formula is C23H31N3O. The molecule has 1 saturated heterocycles. The van der Waals surface area contributed by atoms with Crippen LogP contribution in [0.4, 0.5) is 0 Å². The minimum Gasteiger partial charge on any atom is -0.373 e. The summed E-state index contributed by atoms with van der Waals surface area (Å²) < 4.78 is 5.99. The number of guanidine groups is 1. The van der Waals surface area contributed by atoms with E-state index in [-0.39, 0.29) is 6.10 Å². The summed E-state index contributed by atoms with van der Waals surface area (Å²) in [5, 5.41) is 7.01. The predicted molar refractivity (Wildman–Crippen MR) is 112 cm³/mol. The molecule has 0 aliphatic carbocycles. The molecule has 3 rings (SSSR count). The summed E-state index contributed by atoms with van der Waals surface area (Å²) in [5.41, 5.74) is 2.64. The van der Waals surface area contributed by atoms with E-state index in [4.69, 9.17) is 4.74 Å². The maximum Gasteiger partial charge on any atom is 0.191 e. The molecule has 0 saturated carbocycles. The quantitative estimate of drug-likeness (QED) is 0.577. The summed E-state index contributed by atoms with van der Waals surface area (Å²) in [6.45, 7) is 3.90. The van der Waals surface area contributed by atoms with Gasteiger partial charge < -0.3 is 15.4 Å². The van der Waals surface area contributed by atoms with E-state index in [0.717, 1.165) is 38.4 Å². The van der Waals surface area contributed by atoms with Crippen LogP contribution >= 0.6 is 0 Å². The molecule has 3 atom stereocenters. The topological polar surface area (TPSA) is 45.7 Å². The van der Waals surface area contributed by atoms with Crippen molar-refractivity contribution in [2.45, 2.75) is 38.3 Å². The molecule has 1 fully saturated rings. The van der Waals surface area contributed by atoms with Gasteiger partial charge in [-0.15, -0.1) is 0 Å². The number of rotatable bonds is 7. The Labute approximate surface area is 163 Å². The minimum atomic E-state index is 0.173. The summed E-state index contributed by atoms with van der Waals surface area (Å²) in [6.07, 6.45) is 3.39. The van der Waals surface area contributed by atoms with E-state index < -0.39 is 0 Å². The molecule has 0 radical (unpaired) electrons. The van der Waals surface area contributed by atoms with Gasteiger partial charge in [0, 0.05) is 32.2 Å². The third-order valence-electron chi connectivity index (χ3n) is 5.19. The lowest BCUT2D eigenvalue weighted by Gasteiger charge is -2.22. The Morgan fingerprint density at radius 2 is 1.81 bits per heavy atom. The highest BCUT2D eigenvalue weighted by Crippen LogP contribution is 2.33. The van der Waals surface area contributed by atoms with Gasteiger partial charge in [0.05, 0.1) is 6.10 Å². The van der Waals surface area contributed by atoms with Gasteiger partial charge in [0.25, 0.3) is 0 Å². The Morgan fingerprint density at radius 1 is 1.11 bits per heavy atom. The number of hydrogen-bond acceptors (Lipinski definition) is 2. The number of aryl methyl sites for hydroxylation is 1. The molecule has 2 aromatic carbocycles. The molecule has 0 aromatic heterocycles. The van der Waals surface area contributed by atoms with Crippen molar-refractivity contribution >= 4 is 5.96 Å².